The third kappa shape index (κ3) is 3.31. The number of aliphatic hydroxyl groups excluding tert-OH is 1. The summed E-state index contributed by atoms with van der Waals surface area (Å²) in [5, 5.41) is 10.9. The lowest BCUT2D eigenvalue weighted by molar-refractivity contribution is 0.220. The van der Waals surface area contributed by atoms with Gasteiger partial charge in [-0.3, -0.25) is 0 Å². The molecule has 1 atom stereocenters. The highest BCUT2D eigenvalue weighted by atomic mass is 79.9. The lowest BCUT2D eigenvalue weighted by Gasteiger charge is -2.14. The van der Waals surface area contributed by atoms with Crippen molar-refractivity contribution < 1.29 is 9.84 Å². The van der Waals surface area contributed by atoms with Crippen molar-refractivity contribution in [2.24, 2.45) is 0 Å². The van der Waals surface area contributed by atoms with Crippen molar-refractivity contribution in [2.45, 2.75) is 6.10 Å². The third-order valence-electron chi connectivity index (χ3n) is 2.75. The van der Waals surface area contributed by atoms with Crippen LogP contribution in [0.5, 0.6) is 5.75 Å². The van der Waals surface area contributed by atoms with Crippen LogP contribution in [-0.4, -0.2) is 12.2 Å². The molecule has 0 heterocycles. The highest BCUT2D eigenvalue weighted by Gasteiger charge is 2.15. The molecule has 1 unspecified atom stereocenters. The largest absolute Gasteiger partial charge is 0.496 e. The Morgan fingerprint density at radius 3 is 2.47 bits per heavy atom. The molecule has 2 rings (SSSR count). The monoisotopic (exact) mass is 404 g/mol. The molecule has 0 fully saturated rings. The fourth-order valence-corrected chi connectivity index (χ4v) is 3.09. The molecular formula is C14H11Br2ClO2. The Labute approximate surface area is 133 Å². The van der Waals surface area contributed by atoms with Crippen LogP contribution in [0.15, 0.2) is 45.3 Å². The molecule has 0 aliphatic heterocycles. The van der Waals surface area contributed by atoms with Gasteiger partial charge in [0.2, 0.25) is 0 Å². The highest BCUT2D eigenvalue weighted by molar-refractivity contribution is 9.10. The van der Waals surface area contributed by atoms with Crippen LogP contribution >= 0.6 is 43.5 Å². The number of aliphatic hydroxyl groups is 1. The van der Waals surface area contributed by atoms with E-state index in [-0.39, 0.29) is 0 Å². The van der Waals surface area contributed by atoms with Crippen LogP contribution in [0.4, 0.5) is 0 Å². The van der Waals surface area contributed by atoms with Crippen LogP contribution in [0.3, 0.4) is 0 Å². The molecule has 0 aromatic heterocycles. The van der Waals surface area contributed by atoms with Gasteiger partial charge in [0.15, 0.2) is 0 Å². The Morgan fingerprint density at radius 1 is 1.16 bits per heavy atom. The number of ether oxygens (including phenoxy) is 1. The molecule has 1 N–H and O–H groups in total. The summed E-state index contributed by atoms with van der Waals surface area (Å²) in [6.45, 7) is 0. The second-order valence-corrected chi connectivity index (χ2v) is 6.14. The van der Waals surface area contributed by atoms with Gasteiger partial charge in [-0.05, 0) is 45.8 Å². The topological polar surface area (TPSA) is 29.5 Å². The van der Waals surface area contributed by atoms with E-state index in [0.29, 0.717) is 10.6 Å². The highest BCUT2D eigenvalue weighted by Crippen LogP contribution is 2.34. The van der Waals surface area contributed by atoms with Crippen molar-refractivity contribution in [1.82, 2.24) is 0 Å². The maximum atomic E-state index is 10.4. The molecule has 0 spiro atoms. The fraction of sp³-hybridized carbons (Fsp3) is 0.143. The van der Waals surface area contributed by atoms with Crippen LogP contribution < -0.4 is 4.74 Å². The molecule has 0 saturated heterocycles. The van der Waals surface area contributed by atoms with Gasteiger partial charge >= 0.3 is 0 Å². The predicted octanol–water partition coefficient (Wildman–Crippen LogP) is 4.96. The normalized spacial score (nSPS) is 12.3. The van der Waals surface area contributed by atoms with Gasteiger partial charge in [-0.25, -0.2) is 0 Å². The summed E-state index contributed by atoms with van der Waals surface area (Å²) < 4.78 is 6.83. The summed E-state index contributed by atoms with van der Waals surface area (Å²) in [5.74, 6) is 0.720. The molecule has 0 saturated carbocycles. The Kier molecular flexibility index (Phi) is 4.90. The van der Waals surface area contributed by atoms with E-state index in [0.717, 1.165) is 20.3 Å². The van der Waals surface area contributed by atoms with Gasteiger partial charge < -0.3 is 9.84 Å². The number of methoxy groups -OCH3 is 1. The summed E-state index contributed by atoms with van der Waals surface area (Å²) >= 11 is 12.9. The molecule has 100 valence electrons. The van der Waals surface area contributed by atoms with Crippen molar-refractivity contribution in [3.8, 4) is 5.75 Å². The number of rotatable bonds is 3. The van der Waals surface area contributed by atoms with E-state index in [2.05, 4.69) is 31.9 Å². The standard InChI is InChI=1S/C14H11Br2ClO2/c1-19-13-5-2-8(6-11(13)16)14(18)10-4-3-9(15)7-12(10)17/h2-7,14,18H,1H3. The Hall–Kier alpha value is -0.550. The number of hydrogen-bond donors (Lipinski definition) is 1. The van der Waals surface area contributed by atoms with Crippen LogP contribution in [0.25, 0.3) is 0 Å². The number of benzene rings is 2. The predicted molar refractivity (Wildman–Crippen MR) is 83.9 cm³/mol. The molecule has 0 radical (unpaired) electrons. The molecule has 2 aromatic rings. The first-order valence-electron chi connectivity index (χ1n) is 5.49. The van der Waals surface area contributed by atoms with Crippen molar-refractivity contribution in [1.29, 1.82) is 0 Å². The van der Waals surface area contributed by atoms with Crippen molar-refractivity contribution in [3.63, 3.8) is 0 Å². The van der Waals surface area contributed by atoms with Crippen molar-refractivity contribution in [3.05, 3.63) is 61.5 Å². The van der Waals surface area contributed by atoms with Crippen molar-refractivity contribution >= 4 is 43.5 Å². The summed E-state index contributed by atoms with van der Waals surface area (Å²) in [5.41, 5.74) is 1.42. The summed E-state index contributed by atoms with van der Waals surface area (Å²) in [6, 6.07) is 10.8. The fourth-order valence-electron chi connectivity index (χ4n) is 1.76. The van der Waals surface area contributed by atoms with E-state index in [1.165, 1.54) is 0 Å². The van der Waals surface area contributed by atoms with E-state index in [9.17, 15) is 5.11 Å². The lowest BCUT2D eigenvalue weighted by atomic mass is 10.0. The summed E-state index contributed by atoms with van der Waals surface area (Å²) in [4.78, 5) is 0. The molecule has 2 nitrogen and oxygen atoms in total. The van der Waals surface area contributed by atoms with Gasteiger partial charge in [-0.15, -0.1) is 0 Å². The Bertz CT molecular complexity index is 602. The van der Waals surface area contributed by atoms with Crippen molar-refractivity contribution in [2.75, 3.05) is 7.11 Å². The minimum absolute atomic E-state index is 0.522. The minimum atomic E-state index is -0.775. The maximum absolute atomic E-state index is 10.4. The number of halogens is 3. The Balaban J connectivity index is 2.38. The van der Waals surface area contributed by atoms with Gasteiger partial charge in [0.25, 0.3) is 0 Å². The molecule has 5 heteroatoms. The van der Waals surface area contributed by atoms with E-state index in [1.54, 1.807) is 25.3 Å². The zero-order valence-corrected chi connectivity index (χ0v) is 14.0. The smallest absolute Gasteiger partial charge is 0.133 e. The zero-order chi connectivity index (χ0) is 14.0. The molecular weight excluding hydrogens is 395 g/mol. The maximum Gasteiger partial charge on any atom is 0.133 e. The van der Waals surface area contributed by atoms with Gasteiger partial charge in [0, 0.05) is 15.1 Å². The first-order chi connectivity index (χ1) is 9.02. The first-order valence-corrected chi connectivity index (χ1v) is 7.45. The van der Waals surface area contributed by atoms with Gasteiger partial charge in [0.05, 0.1) is 11.6 Å². The molecule has 2 aromatic carbocycles. The lowest BCUT2D eigenvalue weighted by Crippen LogP contribution is -2.01. The average Bonchev–Trinajstić information content (AvgIpc) is 2.38. The van der Waals surface area contributed by atoms with E-state index in [1.807, 2.05) is 18.2 Å². The van der Waals surface area contributed by atoms with E-state index in [4.69, 9.17) is 16.3 Å². The van der Waals surface area contributed by atoms with Gasteiger partial charge in [-0.2, -0.15) is 0 Å². The minimum Gasteiger partial charge on any atom is -0.496 e. The SMILES string of the molecule is COc1ccc(C(O)c2ccc(Br)cc2Cl)cc1Br. The van der Waals surface area contributed by atoms with Crippen LogP contribution in [0, 0.1) is 0 Å². The molecule has 0 amide bonds. The third-order valence-corrected chi connectivity index (χ3v) is 4.19. The molecule has 0 aliphatic carbocycles. The van der Waals surface area contributed by atoms with Crippen LogP contribution in [-0.2, 0) is 0 Å². The molecule has 19 heavy (non-hydrogen) atoms. The quantitative estimate of drug-likeness (QED) is 0.781. The molecule has 0 aliphatic rings. The molecule has 0 bridgehead atoms. The van der Waals surface area contributed by atoms with Crippen LogP contribution in [0.1, 0.15) is 17.2 Å². The van der Waals surface area contributed by atoms with E-state index < -0.39 is 6.10 Å². The van der Waals surface area contributed by atoms with Gasteiger partial charge in [-0.1, -0.05) is 39.7 Å². The Morgan fingerprint density at radius 2 is 1.89 bits per heavy atom. The summed E-state index contributed by atoms with van der Waals surface area (Å²) in [6.07, 6.45) is -0.775. The average molecular weight is 407 g/mol. The van der Waals surface area contributed by atoms with E-state index >= 15 is 0 Å². The number of hydrogen-bond acceptors (Lipinski definition) is 2. The second kappa shape index (κ2) is 6.27. The summed E-state index contributed by atoms with van der Waals surface area (Å²) in [7, 11) is 1.60. The van der Waals surface area contributed by atoms with Gasteiger partial charge in [0.1, 0.15) is 11.9 Å². The first kappa shape index (κ1) is 14.9. The van der Waals surface area contributed by atoms with Crippen LogP contribution in [0.2, 0.25) is 5.02 Å². The second-order valence-electron chi connectivity index (χ2n) is 3.96. The zero-order valence-electron chi connectivity index (χ0n) is 10.0.